The molecule has 0 aliphatic heterocycles. The monoisotopic (exact) mass is 428 g/mol. The second-order valence-electron chi connectivity index (χ2n) is 7.35. The van der Waals surface area contributed by atoms with E-state index in [4.69, 9.17) is 9.47 Å². The first-order valence-electron chi connectivity index (χ1n) is 10.1. The van der Waals surface area contributed by atoms with E-state index in [2.05, 4.69) is 21.5 Å². The molecule has 0 saturated heterocycles. The molecule has 162 valence electrons. The van der Waals surface area contributed by atoms with E-state index in [1.54, 1.807) is 30.0 Å². The Labute approximate surface area is 186 Å². The summed E-state index contributed by atoms with van der Waals surface area (Å²) in [6, 6.07) is 20.9. The van der Waals surface area contributed by atoms with Crippen LogP contribution in [0.2, 0.25) is 0 Å². The molecule has 4 aromatic rings. The molecule has 3 aromatic carbocycles. The van der Waals surface area contributed by atoms with Crippen LogP contribution in [0.5, 0.6) is 11.5 Å². The molecule has 0 aliphatic carbocycles. The summed E-state index contributed by atoms with van der Waals surface area (Å²) in [5, 5.41) is 7.40. The summed E-state index contributed by atoms with van der Waals surface area (Å²) in [4.78, 5) is 17.7. The number of hydrogen-bond donors (Lipinski definition) is 1. The number of hydrogen-bond acceptors (Lipinski definition) is 5. The van der Waals surface area contributed by atoms with Gasteiger partial charge in [0.2, 0.25) is 5.82 Å². The lowest BCUT2D eigenvalue weighted by Crippen LogP contribution is -2.15. The Hall–Kier alpha value is -4.13. The van der Waals surface area contributed by atoms with Crippen molar-refractivity contribution in [2.24, 2.45) is 0 Å². The van der Waals surface area contributed by atoms with E-state index in [0.717, 1.165) is 22.4 Å². The quantitative estimate of drug-likeness (QED) is 0.476. The zero-order valence-electron chi connectivity index (χ0n) is 18.4. The van der Waals surface area contributed by atoms with Gasteiger partial charge in [-0.15, -0.1) is 5.10 Å². The second-order valence-corrected chi connectivity index (χ2v) is 7.35. The molecular weight excluding hydrogens is 404 g/mol. The van der Waals surface area contributed by atoms with Crippen molar-refractivity contribution in [1.82, 2.24) is 14.8 Å². The number of carbonyl (C=O) groups is 1. The maximum atomic E-state index is 13.1. The molecule has 1 heterocycles. The molecular formula is C25H24N4O3. The molecule has 0 unspecified atom stereocenters. The number of carbonyl (C=O) groups excluding carboxylic acids is 1. The summed E-state index contributed by atoms with van der Waals surface area (Å²) in [5.41, 5.74) is 4.38. The summed E-state index contributed by atoms with van der Waals surface area (Å²) in [6.07, 6.45) is 0. The minimum atomic E-state index is -0.447. The predicted octanol–water partition coefficient (Wildman–Crippen LogP) is 4.82. The third-order valence-electron chi connectivity index (χ3n) is 5.08. The standard InChI is InChI=1S/C25H24N4O3/c1-16-10-12-21(17(2)14-16)29-24(18-8-6-5-7-9-18)27-23(28-29)25(30)26-20-15-19(31-3)11-13-22(20)32-4/h5-15H,1-4H3,(H,26,30). The summed E-state index contributed by atoms with van der Waals surface area (Å²) < 4.78 is 12.3. The maximum absolute atomic E-state index is 13.1. The van der Waals surface area contributed by atoms with Crippen molar-refractivity contribution in [2.75, 3.05) is 19.5 Å². The number of aryl methyl sites for hydroxylation is 2. The van der Waals surface area contributed by atoms with Crippen molar-refractivity contribution in [3.63, 3.8) is 0 Å². The lowest BCUT2D eigenvalue weighted by atomic mass is 10.1. The third-order valence-corrected chi connectivity index (χ3v) is 5.08. The minimum absolute atomic E-state index is 0.0497. The molecule has 7 heteroatoms. The Morgan fingerprint density at radius 1 is 0.938 bits per heavy atom. The highest BCUT2D eigenvalue weighted by Crippen LogP contribution is 2.30. The van der Waals surface area contributed by atoms with Gasteiger partial charge in [0.15, 0.2) is 5.82 Å². The molecule has 0 bridgehead atoms. The fraction of sp³-hybridized carbons (Fsp3) is 0.160. The number of rotatable bonds is 6. The fourth-order valence-corrected chi connectivity index (χ4v) is 3.48. The number of nitrogens with zero attached hydrogens (tertiary/aromatic N) is 3. The molecule has 1 amide bonds. The Morgan fingerprint density at radius 3 is 2.41 bits per heavy atom. The van der Waals surface area contributed by atoms with Crippen LogP contribution in [-0.4, -0.2) is 34.9 Å². The average molecular weight is 428 g/mol. The number of benzene rings is 3. The van der Waals surface area contributed by atoms with E-state index < -0.39 is 5.91 Å². The normalized spacial score (nSPS) is 10.6. The first-order chi connectivity index (χ1) is 15.5. The molecule has 7 nitrogen and oxygen atoms in total. The minimum Gasteiger partial charge on any atom is -0.497 e. The summed E-state index contributed by atoms with van der Waals surface area (Å²) in [7, 11) is 3.10. The van der Waals surface area contributed by atoms with Crippen molar-refractivity contribution in [3.8, 4) is 28.6 Å². The molecule has 0 radical (unpaired) electrons. The van der Waals surface area contributed by atoms with E-state index in [1.807, 2.05) is 56.3 Å². The summed E-state index contributed by atoms with van der Waals surface area (Å²) in [5.74, 6) is 1.29. The molecule has 1 N–H and O–H groups in total. The van der Waals surface area contributed by atoms with Gasteiger partial charge in [-0.05, 0) is 37.6 Å². The highest BCUT2D eigenvalue weighted by atomic mass is 16.5. The zero-order chi connectivity index (χ0) is 22.7. The average Bonchev–Trinajstić information content (AvgIpc) is 3.25. The van der Waals surface area contributed by atoms with Gasteiger partial charge >= 0.3 is 0 Å². The Balaban J connectivity index is 1.77. The smallest absolute Gasteiger partial charge is 0.295 e. The maximum Gasteiger partial charge on any atom is 0.295 e. The first kappa shape index (κ1) is 21.1. The van der Waals surface area contributed by atoms with Crippen molar-refractivity contribution >= 4 is 11.6 Å². The number of amides is 1. The SMILES string of the molecule is COc1ccc(OC)c(NC(=O)c2nc(-c3ccccc3)n(-c3ccc(C)cc3C)n2)c1. The van der Waals surface area contributed by atoms with E-state index >= 15 is 0 Å². The van der Waals surface area contributed by atoms with Gasteiger partial charge in [0, 0.05) is 11.6 Å². The Bertz CT molecular complexity index is 1270. The topological polar surface area (TPSA) is 78.3 Å². The number of ether oxygens (including phenoxy) is 2. The number of anilines is 1. The van der Waals surface area contributed by atoms with Gasteiger partial charge in [-0.3, -0.25) is 4.79 Å². The summed E-state index contributed by atoms with van der Waals surface area (Å²) in [6.45, 7) is 4.05. The molecule has 0 saturated carbocycles. The molecule has 0 fully saturated rings. The van der Waals surface area contributed by atoms with Gasteiger partial charge in [0.1, 0.15) is 11.5 Å². The highest BCUT2D eigenvalue weighted by Gasteiger charge is 2.21. The first-order valence-corrected chi connectivity index (χ1v) is 10.1. The van der Waals surface area contributed by atoms with Gasteiger partial charge in [-0.2, -0.15) is 0 Å². The van der Waals surface area contributed by atoms with Crippen LogP contribution in [0.1, 0.15) is 21.7 Å². The lowest BCUT2D eigenvalue weighted by Gasteiger charge is -2.10. The van der Waals surface area contributed by atoms with Crippen LogP contribution < -0.4 is 14.8 Å². The van der Waals surface area contributed by atoms with Crippen molar-refractivity contribution in [2.45, 2.75) is 13.8 Å². The zero-order valence-corrected chi connectivity index (χ0v) is 18.4. The van der Waals surface area contributed by atoms with Gasteiger partial charge in [0.05, 0.1) is 25.6 Å². The number of nitrogens with one attached hydrogen (secondary N) is 1. The van der Waals surface area contributed by atoms with Crippen molar-refractivity contribution in [1.29, 1.82) is 0 Å². The van der Waals surface area contributed by atoms with Crippen LogP contribution in [0.25, 0.3) is 17.1 Å². The Kier molecular flexibility index (Phi) is 5.89. The molecule has 1 aromatic heterocycles. The van der Waals surface area contributed by atoms with Gasteiger partial charge in [0.25, 0.3) is 5.91 Å². The third kappa shape index (κ3) is 4.18. The van der Waals surface area contributed by atoms with Crippen LogP contribution in [0.3, 0.4) is 0 Å². The van der Waals surface area contributed by atoms with Gasteiger partial charge in [-0.25, -0.2) is 9.67 Å². The van der Waals surface area contributed by atoms with Crippen molar-refractivity contribution in [3.05, 3.63) is 83.7 Å². The van der Waals surface area contributed by atoms with E-state index in [-0.39, 0.29) is 5.82 Å². The molecule has 4 rings (SSSR count). The van der Waals surface area contributed by atoms with Gasteiger partial charge < -0.3 is 14.8 Å². The van der Waals surface area contributed by atoms with Gasteiger partial charge in [-0.1, -0.05) is 48.0 Å². The van der Waals surface area contributed by atoms with E-state index in [0.29, 0.717) is 23.0 Å². The van der Waals surface area contributed by atoms with Crippen LogP contribution in [-0.2, 0) is 0 Å². The number of methoxy groups -OCH3 is 2. The largest absolute Gasteiger partial charge is 0.497 e. The van der Waals surface area contributed by atoms with E-state index in [1.165, 1.54) is 7.11 Å². The van der Waals surface area contributed by atoms with Crippen LogP contribution in [0, 0.1) is 13.8 Å². The highest BCUT2D eigenvalue weighted by molar-refractivity contribution is 6.02. The van der Waals surface area contributed by atoms with Crippen LogP contribution in [0.4, 0.5) is 5.69 Å². The predicted molar refractivity (Wildman–Crippen MR) is 124 cm³/mol. The van der Waals surface area contributed by atoms with Crippen molar-refractivity contribution < 1.29 is 14.3 Å². The molecule has 0 atom stereocenters. The Morgan fingerprint density at radius 2 is 1.72 bits per heavy atom. The van der Waals surface area contributed by atoms with Crippen LogP contribution in [0.15, 0.2) is 66.7 Å². The lowest BCUT2D eigenvalue weighted by molar-refractivity contribution is 0.101. The fourth-order valence-electron chi connectivity index (χ4n) is 3.48. The molecule has 0 aliphatic rings. The second kappa shape index (κ2) is 8.93. The van der Waals surface area contributed by atoms with Crippen LogP contribution >= 0.6 is 0 Å². The molecule has 0 spiro atoms. The summed E-state index contributed by atoms with van der Waals surface area (Å²) >= 11 is 0. The molecule has 32 heavy (non-hydrogen) atoms. The number of aromatic nitrogens is 3. The van der Waals surface area contributed by atoms with E-state index in [9.17, 15) is 4.79 Å².